The molecule has 3 rings (SSSR count). The molecule has 0 N–H and O–H groups in total. The molecule has 24 heavy (non-hydrogen) atoms. The fraction of sp³-hybridized carbons (Fsp3) is 0.611. The zero-order valence-electron chi connectivity index (χ0n) is 13.7. The van der Waals surface area contributed by atoms with E-state index < -0.39 is 17.5 Å². The Balaban J connectivity index is 1.60. The van der Waals surface area contributed by atoms with Gasteiger partial charge in [-0.15, -0.1) is 0 Å². The molecule has 1 amide bonds. The van der Waals surface area contributed by atoms with Gasteiger partial charge in [0, 0.05) is 37.3 Å². The number of benzene rings is 1. The first-order chi connectivity index (χ1) is 11.5. The molecule has 0 aromatic heterocycles. The van der Waals surface area contributed by atoms with E-state index in [0.29, 0.717) is 31.1 Å². The number of halogens is 3. The quantitative estimate of drug-likeness (QED) is 0.841. The molecule has 1 aromatic rings. The Bertz CT molecular complexity index is 579. The summed E-state index contributed by atoms with van der Waals surface area (Å²) in [7, 11) is 0. The van der Waals surface area contributed by atoms with Gasteiger partial charge in [0.25, 0.3) is 0 Å². The maximum atomic E-state index is 13.7. The molecular weight excluding hydrogens is 317 g/mol. The fourth-order valence-corrected chi connectivity index (χ4v) is 3.77. The first-order valence-electron chi connectivity index (χ1n) is 8.66. The van der Waals surface area contributed by atoms with Gasteiger partial charge in [-0.3, -0.25) is 4.79 Å². The van der Waals surface area contributed by atoms with Crippen LogP contribution in [0.2, 0.25) is 0 Å². The van der Waals surface area contributed by atoms with Crippen LogP contribution in [0.3, 0.4) is 0 Å². The maximum Gasteiger partial charge on any atom is 0.227 e. The Kier molecular flexibility index (Phi) is 5.43. The number of nitrogens with zero attached hydrogens (tertiary/aromatic N) is 2. The number of hydrogen-bond acceptors (Lipinski definition) is 2. The lowest BCUT2D eigenvalue weighted by molar-refractivity contribution is -0.132. The number of hydrogen-bond donors (Lipinski definition) is 0. The van der Waals surface area contributed by atoms with Gasteiger partial charge in [0.2, 0.25) is 5.91 Å². The average molecular weight is 340 g/mol. The third-order valence-electron chi connectivity index (χ3n) is 5.02. The highest BCUT2D eigenvalue weighted by Gasteiger charge is 2.27. The summed E-state index contributed by atoms with van der Waals surface area (Å²) < 4.78 is 40.4. The molecule has 0 radical (unpaired) electrons. The molecule has 0 bridgehead atoms. The van der Waals surface area contributed by atoms with Gasteiger partial charge in [0.05, 0.1) is 6.42 Å². The van der Waals surface area contributed by atoms with E-state index in [1.807, 2.05) is 0 Å². The van der Waals surface area contributed by atoms with Crippen LogP contribution in [0.1, 0.15) is 31.2 Å². The van der Waals surface area contributed by atoms with Gasteiger partial charge in [-0.2, -0.15) is 0 Å². The predicted molar refractivity (Wildman–Crippen MR) is 85.0 cm³/mol. The fourth-order valence-electron chi connectivity index (χ4n) is 3.77. The molecule has 1 unspecified atom stereocenters. The minimum Gasteiger partial charge on any atom is -0.342 e. The molecule has 2 aliphatic rings. The topological polar surface area (TPSA) is 23.6 Å². The van der Waals surface area contributed by atoms with Crippen LogP contribution in [-0.2, 0) is 11.2 Å². The van der Waals surface area contributed by atoms with Crippen molar-refractivity contribution in [2.45, 2.75) is 32.1 Å². The zero-order valence-corrected chi connectivity index (χ0v) is 13.7. The van der Waals surface area contributed by atoms with Crippen molar-refractivity contribution in [1.29, 1.82) is 0 Å². The lowest BCUT2D eigenvalue weighted by atomic mass is 9.96. The first kappa shape index (κ1) is 17.3. The van der Waals surface area contributed by atoms with Crippen LogP contribution in [0, 0.1) is 23.4 Å². The molecule has 132 valence electrons. The molecule has 0 aliphatic carbocycles. The molecule has 0 saturated carbocycles. The number of likely N-dealkylation sites (tertiary alicyclic amines) is 2. The van der Waals surface area contributed by atoms with Crippen LogP contribution in [0.5, 0.6) is 0 Å². The Morgan fingerprint density at radius 1 is 1.04 bits per heavy atom. The summed E-state index contributed by atoms with van der Waals surface area (Å²) in [5.41, 5.74) is -0.344. The van der Waals surface area contributed by atoms with E-state index in [2.05, 4.69) is 4.90 Å². The van der Waals surface area contributed by atoms with Gasteiger partial charge in [-0.25, -0.2) is 13.2 Å². The van der Waals surface area contributed by atoms with Crippen molar-refractivity contribution >= 4 is 5.91 Å². The number of carbonyl (C=O) groups is 1. The summed E-state index contributed by atoms with van der Waals surface area (Å²) in [6.07, 6.45) is 4.11. The molecule has 6 heteroatoms. The number of amides is 1. The van der Waals surface area contributed by atoms with Gasteiger partial charge in [-0.05, 0) is 44.7 Å². The maximum absolute atomic E-state index is 13.7. The van der Waals surface area contributed by atoms with Crippen molar-refractivity contribution in [3.63, 3.8) is 0 Å². The van der Waals surface area contributed by atoms with E-state index in [1.54, 1.807) is 4.90 Å². The van der Waals surface area contributed by atoms with Crippen molar-refractivity contribution in [3.8, 4) is 0 Å². The summed E-state index contributed by atoms with van der Waals surface area (Å²) in [5, 5.41) is 0. The Morgan fingerprint density at radius 3 is 2.38 bits per heavy atom. The summed E-state index contributed by atoms with van der Waals surface area (Å²) in [6, 6.07) is 1.25. The third kappa shape index (κ3) is 4.09. The Morgan fingerprint density at radius 2 is 1.71 bits per heavy atom. The van der Waals surface area contributed by atoms with Crippen LogP contribution >= 0.6 is 0 Å². The van der Waals surface area contributed by atoms with Crippen molar-refractivity contribution in [2.75, 3.05) is 32.7 Å². The molecular formula is C18H23F3N2O. The van der Waals surface area contributed by atoms with Crippen molar-refractivity contribution in [2.24, 2.45) is 5.92 Å². The van der Waals surface area contributed by atoms with Crippen molar-refractivity contribution in [1.82, 2.24) is 9.80 Å². The first-order valence-corrected chi connectivity index (χ1v) is 8.66. The number of piperidine rings is 1. The van der Waals surface area contributed by atoms with Crippen molar-refractivity contribution < 1.29 is 18.0 Å². The van der Waals surface area contributed by atoms with Crippen LogP contribution < -0.4 is 0 Å². The highest BCUT2D eigenvalue weighted by Crippen LogP contribution is 2.22. The van der Waals surface area contributed by atoms with Gasteiger partial charge < -0.3 is 9.80 Å². The van der Waals surface area contributed by atoms with Crippen LogP contribution in [0.15, 0.2) is 12.1 Å². The SMILES string of the molecule is O=C(Cc1c(F)cc(F)cc1F)N1CCCC(CN2CCCC2)C1. The minimum atomic E-state index is -0.994. The average Bonchev–Trinajstić information content (AvgIpc) is 3.04. The summed E-state index contributed by atoms with van der Waals surface area (Å²) in [5.74, 6) is -2.82. The molecule has 3 nitrogen and oxygen atoms in total. The molecule has 0 spiro atoms. The molecule has 1 atom stereocenters. The lowest BCUT2D eigenvalue weighted by Gasteiger charge is -2.34. The lowest BCUT2D eigenvalue weighted by Crippen LogP contribution is -2.44. The molecule has 2 heterocycles. The molecule has 1 aromatic carbocycles. The van der Waals surface area contributed by atoms with E-state index in [9.17, 15) is 18.0 Å². The Labute approximate surface area is 140 Å². The van der Waals surface area contributed by atoms with E-state index in [1.165, 1.54) is 12.8 Å². The monoisotopic (exact) mass is 340 g/mol. The van der Waals surface area contributed by atoms with E-state index in [4.69, 9.17) is 0 Å². The highest BCUT2D eigenvalue weighted by atomic mass is 19.1. The standard InChI is InChI=1S/C18H23F3N2O/c19-14-8-16(20)15(17(21)9-14)10-18(24)23-7-3-4-13(12-23)11-22-5-1-2-6-22/h8-9,13H,1-7,10-12H2. The minimum absolute atomic E-state index is 0.287. The molecule has 2 saturated heterocycles. The third-order valence-corrected chi connectivity index (χ3v) is 5.02. The number of carbonyl (C=O) groups excluding carboxylic acids is 1. The number of rotatable bonds is 4. The highest BCUT2D eigenvalue weighted by molar-refractivity contribution is 5.79. The van der Waals surface area contributed by atoms with E-state index in [0.717, 1.165) is 32.5 Å². The molecule has 2 aliphatic heterocycles. The second-order valence-electron chi connectivity index (χ2n) is 6.88. The summed E-state index contributed by atoms with van der Waals surface area (Å²) >= 11 is 0. The normalized spacial score (nSPS) is 22.1. The predicted octanol–water partition coefficient (Wildman–Crippen LogP) is 2.98. The van der Waals surface area contributed by atoms with Crippen LogP contribution in [0.4, 0.5) is 13.2 Å². The zero-order chi connectivity index (χ0) is 17.1. The van der Waals surface area contributed by atoms with Gasteiger partial charge in [0.1, 0.15) is 17.5 Å². The summed E-state index contributed by atoms with van der Waals surface area (Å²) in [6.45, 7) is 4.50. The second kappa shape index (κ2) is 7.55. The smallest absolute Gasteiger partial charge is 0.227 e. The molecule has 2 fully saturated rings. The largest absolute Gasteiger partial charge is 0.342 e. The van der Waals surface area contributed by atoms with Crippen LogP contribution in [-0.4, -0.2) is 48.4 Å². The second-order valence-corrected chi connectivity index (χ2v) is 6.88. The van der Waals surface area contributed by atoms with E-state index in [-0.39, 0.29) is 17.9 Å². The van der Waals surface area contributed by atoms with Crippen molar-refractivity contribution in [3.05, 3.63) is 35.1 Å². The van der Waals surface area contributed by atoms with Gasteiger partial charge >= 0.3 is 0 Å². The Hall–Kier alpha value is -1.56. The van der Waals surface area contributed by atoms with Gasteiger partial charge in [0.15, 0.2) is 0 Å². The van der Waals surface area contributed by atoms with Gasteiger partial charge in [-0.1, -0.05) is 0 Å². The van der Waals surface area contributed by atoms with E-state index >= 15 is 0 Å². The summed E-state index contributed by atoms with van der Waals surface area (Å²) in [4.78, 5) is 16.6. The van der Waals surface area contributed by atoms with Crippen LogP contribution in [0.25, 0.3) is 0 Å².